The van der Waals surface area contributed by atoms with Crippen molar-refractivity contribution in [2.24, 2.45) is 5.41 Å². The third-order valence-corrected chi connectivity index (χ3v) is 4.99. The van der Waals surface area contributed by atoms with Crippen LogP contribution in [0.1, 0.15) is 66.2 Å². The van der Waals surface area contributed by atoms with Crippen LogP contribution in [0.15, 0.2) is 0 Å². The fraction of sp³-hybridized carbons (Fsp3) is 1.00. The zero-order valence-electron chi connectivity index (χ0n) is 11.4. The van der Waals surface area contributed by atoms with Gasteiger partial charge in [-0.05, 0) is 52.1 Å². The standard InChI is InChI=1S/C14H29N/c1-6-7-8-10-14(4)11-9-12-15(5)13(14,2)3/h6-12H2,1-5H3. The van der Waals surface area contributed by atoms with Gasteiger partial charge in [-0.3, -0.25) is 0 Å². The van der Waals surface area contributed by atoms with Crippen molar-refractivity contribution in [3.63, 3.8) is 0 Å². The predicted molar refractivity (Wildman–Crippen MR) is 68.2 cm³/mol. The highest BCUT2D eigenvalue weighted by Crippen LogP contribution is 2.46. The molecule has 1 heterocycles. The molecule has 1 heteroatoms. The molecule has 1 aliphatic rings. The van der Waals surface area contributed by atoms with Crippen molar-refractivity contribution in [2.75, 3.05) is 13.6 Å². The molecular weight excluding hydrogens is 182 g/mol. The molecule has 1 nitrogen and oxygen atoms in total. The number of hydrogen-bond donors (Lipinski definition) is 0. The smallest absolute Gasteiger partial charge is 0.0203 e. The maximum absolute atomic E-state index is 2.56. The van der Waals surface area contributed by atoms with Crippen LogP contribution in [-0.2, 0) is 0 Å². The molecule has 0 bridgehead atoms. The lowest BCUT2D eigenvalue weighted by molar-refractivity contribution is -0.0316. The van der Waals surface area contributed by atoms with Crippen molar-refractivity contribution >= 4 is 0 Å². The molecule has 0 aromatic rings. The second-order valence-corrected chi connectivity index (χ2v) is 6.10. The Kier molecular flexibility index (Phi) is 4.22. The van der Waals surface area contributed by atoms with E-state index in [1.54, 1.807) is 0 Å². The molecule has 0 aromatic heterocycles. The quantitative estimate of drug-likeness (QED) is 0.633. The fourth-order valence-electron chi connectivity index (χ4n) is 2.95. The Labute approximate surface area is 96.2 Å². The number of hydrogen-bond acceptors (Lipinski definition) is 1. The lowest BCUT2D eigenvalue weighted by Crippen LogP contribution is -2.57. The molecule has 0 aliphatic carbocycles. The van der Waals surface area contributed by atoms with Gasteiger partial charge in [-0.15, -0.1) is 0 Å². The lowest BCUT2D eigenvalue weighted by atomic mass is 9.64. The molecule has 1 saturated heterocycles. The topological polar surface area (TPSA) is 3.24 Å². The van der Waals surface area contributed by atoms with Gasteiger partial charge in [0.2, 0.25) is 0 Å². The molecule has 1 aliphatic heterocycles. The van der Waals surface area contributed by atoms with E-state index in [-0.39, 0.29) is 0 Å². The van der Waals surface area contributed by atoms with Crippen LogP contribution < -0.4 is 0 Å². The fourth-order valence-corrected chi connectivity index (χ4v) is 2.95. The van der Waals surface area contributed by atoms with Gasteiger partial charge in [0.05, 0.1) is 0 Å². The maximum Gasteiger partial charge on any atom is 0.0203 e. The summed E-state index contributed by atoms with van der Waals surface area (Å²) in [5.74, 6) is 0. The van der Waals surface area contributed by atoms with Crippen LogP contribution in [0, 0.1) is 5.41 Å². The number of unbranched alkanes of at least 4 members (excludes halogenated alkanes) is 2. The molecular formula is C14H29N. The second-order valence-electron chi connectivity index (χ2n) is 6.10. The average Bonchev–Trinajstić information content (AvgIpc) is 2.16. The average molecular weight is 211 g/mol. The van der Waals surface area contributed by atoms with Crippen molar-refractivity contribution in [3.05, 3.63) is 0 Å². The lowest BCUT2D eigenvalue weighted by Gasteiger charge is -2.54. The highest BCUT2D eigenvalue weighted by molar-refractivity contribution is 4.99. The number of piperidine rings is 1. The van der Waals surface area contributed by atoms with Crippen molar-refractivity contribution in [2.45, 2.75) is 71.8 Å². The molecule has 0 saturated carbocycles. The summed E-state index contributed by atoms with van der Waals surface area (Å²) in [6.07, 6.45) is 8.33. The summed E-state index contributed by atoms with van der Waals surface area (Å²) < 4.78 is 0. The molecule has 1 rings (SSSR count). The van der Waals surface area contributed by atoms with Gasteiger partial charge in [-0.1, -0.05) is 33.1 Å². The van der Waals surface area contributed by atoms with E-state index in [2.05, 4.69) is 39.6 Å². The molecule has 0 radical (unpaired) electrons. The zero-order chi connectivity index (χ0) is 11.5. The van der Waals surface area contributed by atoms with Crippen LogP contribution in [0.4, 0.5) is 0 Å². The normalized spacial score (nSPS) is 31.8. The van der Waals surface area contributed by atoms with Gasteiger partial charge in [0, 0.05) is 5.54 Å². The van der Waals surface area contributed by atoms with E-state index in [1.807, 2.05) is 0 Å². The third-order valence-electron chi connectivity index (χ3n) is 4.99. The zero-order valence-corrected chi connectivity index (χ0v) is 11.4. The largest absolute Gasteiger partial charge is 0.301 e. The van der Waals surface area contributed by atoms with E-state index in [1.165, 1.54) is 45.1 Å². The van der Waals surface area contributed by atoms with E-state index in [4.69, 9.17) is 0 Å². The summed E-state index contributed by atoms with van der Waals surface area (Å²) in [4.78, 5) is 2.56. The van der Waals surface area contributed by atoms with E-state index in [9.17, 15) is 0 Å². The van der Waals surface area contributed by atoms with E-state index in [0.29, 0.717) is 11.0 Å². The van der Waals surface area contributed by atoms with Crippen molar-refractivity contribution in [3.8, 4) is 0 Å². The second kappa shape index (κ2) is 4.86. The summed E-state index contributed by atoms with van der Waals surface area (Å²) in [5.41, 5.74) is 0.897. The molecule has 90 valence electrons. The summed E-state index contributed by atoms with van der Waals surface area (Å²) in [7, 11) is 2.29. The van der Waals surface area contributed by atoms with E-state index >= 15 is 0 Å². The van der Waals surface area contributed by atoms with E-state index < -0.39 is 0 Å². The van der Waals surface area contributed by atoms with E-state index in [0.717, 1.165) is 0 Å². The van der Waals surface area contributed by atoms with Gasteiger partial charge in [0.15, 0.2) is 0 Å². The Hall–Kier alpha value is -0.0400. The molecule has 15 heavy (non-hydrogen) atoms. The molecule has 1 atom stereocenters. The van der Waals surface area contributed by atoms with Gasteiger partial charge >= 0.3 is 0 Å². The Bertz CT molecular complexity index is 198. The van der Waals surface area contributed by atoms with Crippen LogP contribution >= 0.6 is 0 Å². The third kappa shape index (κ3) is 2.55. The highest BCUT2D eigenvalue weighted by Gasteiger charge is 2.45. The molecule has 1 fully saturated rings. The van der Waals surface area contributed by atoms with Crippen molar-refractivity contribution in [1.82, 2.24) is 4.90 Å². The summed E-state index contributed by atoms with van der Waals surface area (Å²) in [6, 6.07) is 0. The van der Waals surface area contributed by atoms with Gasteiger partial charge in [0.25, 0.3) is 0 Å². The highest BCUT2D eigenvalue weighted by atomic mass is 15.2. The van der Waals surface area contributed by atoms with Gasteiger partial charge in [-0.25, -0.2) is 0 Å². The van der Waals surface area contributed by atoms with Crippen molar-refractivity contribution in [1.29, 1.82) is 0 Å². The van der Waals surface area contributed by atoms with Crippen LogP contribution in [0.2, 0.25) is 0 Å². The molecule has 0 aromatic carbocycles. The molecule has 0 amide bonds. The summed E-state index contributed by atoms with van der Waals surface area (Å²) >= 11 is 0. The number of rotatable bonds is 4. The molecule has 0 spiro atoms. The maximum atomic E-state index is 2.56. The van der Waals surface area contributed by atoms with Crippen LogP contribution in [0.25, 0.3) is 0 Å². The van der Waals surface area contributed by atoms with Gasteiger partial charge in [-0.2, -0.15) is 0 Å². The van der Waals surface area contributed by atoms with Crippen molar-refractivity contribution < 1.29 is 0 Å². The first-order valence-electron chi connectivity index (χ1n) is 6.65. The molecule has 1 unspecified atom stereocenters. The monoisotopic (exact) mass is 211 g/mol. The Morgan fingerprint density at radius 3 is 2.40 bits per heavy atom. The van der Waals surface area contributed by atoms with Crippen LogP contribution in [0.3, 0.4) is 0 Å². The minimum absolute atomic E-state index is 0.374. The van der Waals surface area contributed by atoms with Crippen LogP contribution in [0.5, 0.6) is 0 Å². The summed E-state index contributed by atoms with van der Waals surface area (Å²) in [5, 5.41) is 0. The number of likely N-dealkylation sites (tertiary alicyclic amines) is 1. The Morgan fingerprint density at radius 1 is 1.13 bits per heavy atom. The first-order chi connectivity index (χ1) is 6.94. The summed E-state index contributed by atoms with van der Waals surface area (Å²) in [6.45, 7) is 10.9. The SMILES string of the molecule is CCCCCC1(C)CCCN(C)C1(C)C. The minimum Gasteiger partial charge on any atom is -0.301 e. The Balaban J connectivity index is 2.62. The number of nitrogens with zero attached hydrogens (tertiary/aromatic N) is 1. The van der Waals surface area contributed by atoms with Crippen LogP contribution in [-0.4, -0.2) is 24.0 Å². The molecule has 0 N–H and O–H groups in total. The first-order valence-corrected chi connectivity index (χ1v) is 6.65. The predicted octanol–water partition coefficient (Wildman–Crippen LogP) is 4.08. The first kappa shape index (κ1) is 13.0. The minimum atomic E-state index is 0.374. The Morgan fingerprint density at radius 2 is 1.80 bits per heavy atom. The van der Waals surface area contributed by atoms with Gasteiger partial charge < -0.3 is 4.90 Å². The van der Waals surface area contributed by atoms with Gasteiger partial charge in [0.1, 0.15) is 0 Å².